The highest BCUT2D eigenvalue weighted by Crippen LogP contribution is 1.83. The van der Waals surface area contributed by atoms with Crippen LogP contribution in [0.25, 0.3) is 0 Å². The first-order valence-electron chi connectivity index (χ1n) is 2.43. The highest BCUT2D eigenvalue weighted by atomic mass is 16.8. The maximum absolute atomic E-state index is 10.2. The van der Waals surface area contributed by atoms with Gasteiger partial charge in [0.2, 0.25) is 0 Å². The summed E-state index contributed by atoms with van der Waals surface area (Å²) in [6.07, 6.45) is 0. The van der Waals surface area contributed by atoms with Crippen LogP contribution < -0.4 is 10.5 Å². The topological polar surface area (TPSA) is 59.8 Å². The molecule has 0 heterocycles. The van der Waals surface area contributed by atoms with E-state index in [1.54, 1.807) is 20.9 Å². The Bertz CT molecular complexity index is 72.4. The van der Waals surface area contributed by atoms with Crippen molar-refractivity contribution < 1.29 is 10.4 Å². The second kappa shape index (κ2) is 2.41. The van der Waals surface area contributed by atoms with E-state index in [1.165, 1.54) is 0 Å². The molecule has 0 spiro atoms. The normalized spacial score (nSPS) is 16.1. The third-order valence-corrected chi connectivity index (χ3v) is 1.16. The van der Waals surface area contributed by atoms with Crippen molar-refractivity contribution in [1.82, 2.24) is 5.32 Å². The molecule has 0 bridgehead atoms. The maximum Gasteiger partial charge on any atom is 0.174 e. The van der Waals surface area contributed by atoms with Crippen LogP contribution in [0.1, 0.15) is 13.8 Å². The number of nitrogens with one attached hydrogen (secondary N) is 2. The molecule has 0 aliphatic carbocycles. The zero-order chi connectivity index (χ0) is 6.78. The maximum atomic E-state index is 10.2. The Balaban J connectivity index is 3.71. The van der Waals surface area contributed by atoms with E-state index >= 15 is 0 Å². The lowest BCUT2D eigenvalue weighted by atomic mass is 10.3. The molecule has 0 aromatic carbocycles. The van der Waals surface area contributed by atoms with Gasteiger partial charge in [0.05, 0.1) is 0 Å². The Kier molecular flexibility index (Phi) is 2.36. The van der Waals surface area contributed by atoms with Crippen molar-refractivity contribution in [3.8, 4) is 0 Å². The third kappa shape index (κ3) is 1.75. The average Bonchev–Trinajstić information content (AvgIpc) is 1.67. The van der Waals surface area contributed by atoms with Gasteiger partial charge in [-0.2, -0.15) is 0 Å². The van der Waals surface area contributed by atoms with Crippen molar-refractivity contribution in [1.29, 1.82) is 0 Å². The molecule has 1 atom stereocenters. The predicted molar refractivity (Wildman–Crippen MR) is 29.3 cm³/mol. The standard InChI is InChI=1S/C4H12N2O2/c1-4(2,5-3)6(7)8/h5-7H,1-3H3. The molecule has 4 heteroatoms. The Morgan fingerprint density at radius 3 is 2.00 bits per heavy atom. The number of hydroxylamine groups is 2. The molecule has 0 amide bonds. The van der Waals surface area contributed by atoms with Crippen LogP contribution in [0.4, 0.5) is 0 Å². The molecule has 0 aliphatic heterocycles. The second-order valence-electron chi connectivity index (χ2n) is 2.18. The summed E-state index contributed by atoms with van der Waals surface area (Å²) in [7, 11) is 1.62. The van der Waals surface area contributed by atoms with Gasteiger partial charge in [-0.25, -0.2) is 10.4 Å². The fraction of sp³-hybridized carbons (Fsp3) is 1.00. The minimum atomic E-state index is -0.833. The van der Waals surface area contributed by atoms with E-state index in [0.717, 1.165) is 0 Å². The van der Waals surface area contributed by atoms with Crippen molar-refractivity contribution in [3.63, 3.8) is 0 Å². The van der Waals surface area contributed by atoms with Crippen molar-refractivity contribution in [3.05, 3.63) is 5.21 Å². The number of rotatable bonds is 2. The lowest BCUT2D eigenvalue weighted by Gasteiger charge is -2.30. The van der Waals surface area contributed by atoms with E-state index in [1.807, 2.05) is 0 Å². The summed E-state index contributed by atoms with van der Waals surface area (Å²) in [6, 6.07) is 0. The molecule has 0 rings (SSSR count). The zero-order valence-corrected chi connectivity index (χ0v) is 5.36. The van der Waals surface area contributed by atoms with Gasteiger partial charge in [0.15, 0.2) is 5.66 Å². The molecule has 0 saturated heterocycles. The first-order chi connectivity index (χ1) is 3.50. The molecule has 0 aliphatic rings. The number of hydrogen-bond donors (Lipinski definition) is 3. The number of quaternary nitrogens is 1. The monoisotopic (exact) mass is 120 g/mol. The SMILES string of the molecule is CNC(C)(C)[NH+]([O-])O. The third-order valence-electron chi connectivity index (χ3n) is 1.16. The van der Waals surface area contributed by atoms with Gasteiger partial charge >= 0.3 is 0 Å². The molecular formula is C4H12N2O2. The lowest BCUT2D eigenvalue weighted by molar-refractivity contribution is -1.09. The van der Waals surface area contributed by atoms with E-state index in [0.29, 0.717) is 0 Å². The van der Waals surface area contributed by atoms with Crippen LogP contribution in [0, 0.1) is 5.21 Å². The van der Waals surface area contributed by atoms with Gasteiger partial charge in [0.1, 0.15) is 0 Å². The van der Waals surface area contributed by atoms with Crippen LogP contribution in [0.3, 0.4) is 0 Å². The molecule has 0 aromatic rings. The fourth-order valence-electron chi connectivity index (χ4n) is 0.107. The molecular weight excluding hydrogens is 108 g/mol. The Morgan fingerprint density at radius 2 is 2.00 bits per heavy atom. The van der Waals surface area contributed by atoms with E-state index in [2.05, 4.69) is 5.32 Å². The van der Waals surface area contributed by atoms with Crippen LogP contribution in [-0.4, -0.2) is 17.9 Å². The van der Waals surface area contributed by atoms with Crippen LogP contribution in [0.2, 0.25) is 0 Å². The van der Waals surface area contributed by atoms with Crippen LogP contribution in [-0.2, 0) is 0 Å². The van der Waals surface area contributed by atoms with Gasteiger partial charge < -0.3 is 5.21 Å². The lowest BCUT2D eigenvalue weighted by Crippen LogP contribution is -3.15. The van der Waals surface area contributed by atoms with Crippen molar-refractivity contribution in [2.45, 2.75) is 19.5 Å². The summed E-state index contributed by atoms with van der Waals surface area (Å²) in [6.45, 7) is 3.21. The summed E-state index contributed by atoms with van der Waals surface area (Å²) in [5.74, 6) is 0. The minimum absolute atomic E-state index is 0.792. The first kappa shape index (κ1) is 7.84. The van der Waals surface area contributed by atoms with E-state index < -0.39 is 10.9 Å². The van der Waals surface area contributed by atoms with Crippen molar-refractivity contribution >= 4 is 0 Å². The van der Waals surface area contributed by atoms with Crippen molar-refractivity contribution in [2.24, 2.45) is 0 Å². The smallest absolute Gasteiger partial charge is 0.174 e. The highest BCUT2D eigenvalue weighted by Gasteiger charge is 2.20. The Hall–Kier alpha value is -0.160. The van der Waals surface area contributed by atoms with E-state index in [4.69, 9.17) is 5.21 Å². The summed E-state index contributed by atoms with van der Waals surface area (Å²) < 4.78 is 0. The molecule has 50 valence electrons. The molecule has 1 unspecified atom stereocenters. The van der Waals surface area contributed by atoms with E-state index in [9.17, 15) is 5.21 Å². The van der Waals surface area contributed by atoms with Gasteiger partial charge in [-0.1, -0.05) is 0 Å². The molecule has 0 fully saturated rings. The predicted octanol–water partition coefficient (Wildman–Crippen LogP) is -1.29. The zero-order valence-electron chi connectivity index (χ0n) is 5.36. The van der Waals surface area contributed by atoms with Gasteiger partial charge in [0.25, 0.3) is 0 Å². The van der Waals surface area contributed by atoms with Gasteiger partial charge in [0, 0.05) is 13.8 Å². The molecule has 0 saturated carbocycles. The molecule has 8 heavy (non-hydrogen) atoms. The van der Waals surface area contributed by atoms with Crippen LogP contribution in [0.5, 0.6) is 0 Å². The quantitative estimate of drug-likeness (QED) is 0.314. The van der Waals surface area contributed by atoms with Gasteiger partial charge in [-0.05, 0) is 7.05 Å². The minimum Gasteiger partial charge on any atom is -0.599 e. The molecule has 0 radical (unpaired) electrons. The summed E-state index contributed by atoms with van der Waals surface area (Å²) in [4.78, 5) is 0. The van der Waals surface area contributed by atoms with Gasteiger partial charge in [-0.3, -0.25) is 5.32 Å². The van der Waals surface area contributed by atoms with E-state index in [-0.39, 0.29) is 0 Å². The Labute approximate surface area is 48.6 Å². The average molecular weight is 120 g/mol. The first-order valence-corrected chi connectivity index (χ1v) is 2.43. The summed E-state index contributed by atoms with van der Waals surface area (Å²) in [5.41, 5.74) is -0.792. The van der Waals surface area contributed by atoms with Crippen molar-refractivity contribution in [2.75, 3.05) is 7.05 Å². The molecule has 0 aromatic heterocycles. The molecule has 4 nitrogen and oxygen atoms in total. The molecule has 3 N–H and O–H groups in total. The summed E-state index contributed by atoms with van der Waals surface area (Å²) >= 11 is 0. The summed E-state index contributed by atoms with van der Waals surface area (Å²) in [5, 5.41) is 20.4. The largest absolute Gasteiger partial charge is 0.599 e. The number of hydrogen-bond acceptors (Lipinski definition) is 3. The van der Waals surface area contributed by atoms with Gasteiger partial charge in [-0.15, -0.1) is 0 Å². The van der Waals surface area contributed by atoms with Crippen LogP contribution in [0.15, 0.2) is 0 Å². The second-order valence-corrected chi connectivity index (χ2v) is 2.18. The highest BCUT2D eigenvalue weighted by molar-refractivity contribution is 4.55. The van der Waals surface area contributed by atoms with Crippen LogP contribution >= 0.6 is 0 Å². The fourth-order valence-corrected chi connectivity index (χ4v) is 0.107. The Morgan fingerprint density at radius 1 is 1.62 bits per heavy atom.